The Morgan fingerprint density at radius 1 is 1.57 bits per heavy atom. The van der Waals surface area contributed by atoms with Gasteiger partial charge < -0.3 is 20.1 Å². The number of fused-ring (bicyclic) bond motifs is 1. The first kappa shape index (κ1) is 16.2. The highest BCUT2D eigenvalue weighted by Crippen LogP contribution is 2.37. The number of hydrogen-bond acceptors (Lipinski definition) is 4. The third-order valence-electron chi connectivity index (χ3n) is 4.96. The van der Waals surface area contributed by atoms with E-state index in [1.54, 1.807) is 13.2 Å². The monoisotopic (exact) mass is 322 g/mol. The summed E-state index contributed by atoms with van der Waals surface area (Å²) >= 11 is 0. The van der Waals surface area contributed by atoms with Gasteiger partial charge in [0.25, 0.3) is 0 Å². The average Bonchev–Trinajstić information content (AvgIpc) is 3.00. The molecule has 0 radical (unpaired) electrons. The van der Waals surface area contributed by atoms with Gasteiger partial charge >= 0.3 is 0 Å². The van der Waals surface area contributed by atoms with Crippen LogP contribution in [-0.4, -0.2) is 45.9 Å². The molecule has 2 N–H and O–H groups in total. The number of carbonyl (C=O) groups excluding carboxylic acids is 1. The zero-order chi connectivity index (χ0) is 16.3. The standard InChI is InChI=1S/C17H23FN2O3/c1-22-15-3-2-14(18)8-12(15)4-6-20-16(21)17-10-19-9-13(17)5-7-23-11-17/h2-3,8,13,19H,4-7,9-11H2,1H3,(H,20,21)/t13-,17+/m1/s1. The SMILES string of the molecule is COc1ccc(F)cc1CCNC(=O)[C@]12CNC[C@H]1CCOC2. The Hall–Kier alpha value is -1.66. The Morgan fingerprint density at radius 3 is 3.26 bits per heavy atom. The molecule has 2 fully saturated rings. The summed E-state index contributed by atoms with van der Waals surface area (Å²) in [4.78, 5) is 12.7. The van der Waals surface area contributed by atoms with E-state index in [-0.39, 0.29) is 11.7 Å². The molecule has 0 saturated carbocycles. The van der Waals surface area contributed by atoms with Crippen molar-refractivity contribution in [3.63, 3.8) is 0 Å². The number of rotatable bonds is 5. The summed E-state index contributed by atoms with van der Waals surface area (Å²) in [6, 6.07) is 4.43. The van der Waals surface area contributed by atoms with Crippen LogP contribution in [0.2, 0.25) is 0 Å². The molecule has 5 nitrogen and oxygen atoms in total. The minimum absolute atomic E-state index is 0.0302. The molecule has 3 rings (SSSR count). The van der Waals surface area contributed by atoms with Crippen LogP contribution in [0.1, 0.15) is 12.0 Å². The number of halogens is 1. The van der Waals surface area contributed by atoms with E-state index in [2.05, 4.69) is 10.6 Å². The second-order valence-electron chi connectivity index (χ2n) is 6.29. The maximum absolute atomic E-state index is 13.4. The Morgan fingerprint density at radius 2 is 2.43 bits per heavy atom. The summed E-state index contributed by atoms with van der Waals surface area (Å²) in [6.45, 7) is 3.18. The summed E-state index contributed by atoms with van der Waals surface area (Å²) < 4.78 is 24.2. The highest BCUT2D eigenvalue weighted by molar-refractivity contribution is 5.84. The molecule has 23 heavy (non-hydrogen) atoms. The molecule has 2 atom stereocenters. The van der Waals surface area contributed by atoms with Crippen molar-refractivity contribution >= 4 is 5.91 Å². The number of methoxy groups -OCH3 is 1. The average molecular weight is 322 g/mol. The largest absolute Gasteiger partial charge is 0.496 e. The van der Waals surface area contributed by atoms with E-state index in [1.807, 2.05) is 0 Å². The molecule has 2 saturated heterocycles. The van der Waals surface area contributed by atoms with Gasteiger partial charge in [0.1, 0.15) is 11.6 Å². The maximum Gasteiger partial charge on any atom is 0.230 e. The van der Waals surface area contributed by atoms with Crippen LogP contribution in [0, 0.1) is 17.2 Å². The van der Waals surface area contributed by atoms with Crippen molar-refractivity contribution in [3.8, 4) is 5.75 Å². The molecule has 0 aliphatic carbocycles. The maximum atomic E-state index is 13.4. The number of benzene rings is 1. The van der Waals surface area contributed by atoms with Crippen molar-refractivity contribution in [2.24, 2.45) is 11.3 Å². The van der Waals surface area contributed by atoms with Gasteiger partial charge in [0, 0.05) is 19.7 Å². The predicted molar refractivity (Wildman–Crippen MR) is 83.9 cm³/mol. The minimum Gasteiger partial charge on any atom is -0.496 e. The number of hydrogen-bond donors (Lipinski definition) is 2. The Balaban J connectivity index is 1.60. The van der Waals surface area contributed by atoms with Crippen LogP contribution in [0.3, 0.4) is 0 Å². The topological polar surface area (TPSA) is 59.6 Å². The third kappa shape index (κ3) is 3.19. The first-order valence-electron chi connectivity index (χ1n) is 8.05. The molecule has 2 heterocycles. The number of carbonyl (C=O) groups is 1. The van der Waals surface area contributed by atoms with Gasteiger partial charge in [0.15, 0.2) is 0 Å². The summed E-state index contributed by atoms with van der Waals surface area (Å²) in [7, 11) is 1.56. The van der Waals surface area contributed by atoms with E-state index < -0.39 is 5.41 Å². The van der Waals surface area contributed by atoms with E-state index in [4.69, 9.17) is 9.47 Å². The van der Waals surface area contributed by atoms with Crippen LogP contribution in [0.25, 0.3) is 0 Å². The highest BCUT2D eigenvalue weighted by Gasteiger charge is 2.50. The second-order valence-corrected chi connectivity index (χ2v) is 6.29. The van der Waals surface area contributed by atoms with E-state index >= 15 is 0 Å². The Bertz CT molecular complexity index is 581. The molecule has 0 unspecified atom stereocenters. The molecule has 126 valence electrons. The van der Waals surface area contributed by atoms with Crippen molar-refractivity contribution in [2.45, 2.75) is 12.8 Å². The van der Waals surface area contributed by atoms with E-state index in [0.717, 1.165) is 25.1 Å². The lowest BCUT2D eigenvalue weighted by molar-refractivity contribution is -0.141. The van der Waals surface area contributed by atoms with Gasteiger partial charge in [0.2, 0.25) is 5.91 Å². The molecule has 6 heteroatoms. The van der Waals surface area contributed by atoms with Crippen molar-refractivity contribution in [1.29, 1.82) is 0 Å². The fourth-order valence-corrected chi connectivity index (χ4v) is 3.60. The molecule has 0 aromatic heterocycles. The molecule has 1 amide bonds. The van der Waals surface area contributed by atoms with Gasteiger partial charge in [0.05, 0.1) is 19.1 Å². The van der Waals surface area contributed by atoms with Gasteiger partial charge in [-0.05, 0) is 49.1 Å². The van der Waals surface area contributed by atoms with Crippen LogP contribution >= 0.6 is 0 Å². The smallest absolute Gasteiger partial charge is 0.230 e. The molecule has 0 spiro atoms. The number of nitrogens with one attached hydrogen (secondary N) is 2. The van der Waals surface area contributed by atoms with Gasteiger partial charge in [-0.25, -0.2) is 4.39 Å². The fourth-order valence-electron chi connectivity index (χ4n) is 3.60. The number of ether oxygens (including phenoxy) is 2. The molecule has 2 aliphatic rings. The highest BCUT2D eigenvalue weighted by atomic mass is 19.1. The van der Waals surface area contributed by atoms with E-state index in [1.165, 1.54) is 12.1 Å². The normalized spacial score (nSPS) is 26.6. The van der Waals surface area contributed by atoms with Gasteiger partial charge in [-0.15, -0.1) is 0 Å². The molecule has 1 aromatic rings. The third-order valence-corrected chi connectivity index (χ3v) is 4.96. The first-order chi connectivity index (χ1) is 11.2. The van der Waals surface area contributed by atoms with E-state index in [9.17, 15) is 9.18 Å². The molecule has 1 aromatic carbocycles. The van der Waals surface area contributed by atoms with Gasteiger partial charge in [-0.2, -0.15) is 0 Å². The molecular weight excluding hydrogens is 299 g/mol. The van der Waals surface area contributed by atoms with Crippen molar-refractivity contribution in [2.75, 3.05) is 40.0 Å². The predicted octanol–water partition coefficient (Wildman–Crippen LogP) is 1.12. The number of amides is 1. The Kier molecular flexibility index (Phi) is 4.82. The van der Waals surface area contributed by atoms with Crippen LogP contribution in [0.5, 0.6) is 5.75 Å². The molecule has 2 aliphatic heterocycles. The first-order valence-corrected chi connectivity index (χ1v) is 8.05. The van der Waals surface area contributed by atoms with Crippen LogP contribution < -0.4 is 15.4 Å². The van der Waals surface area contributed by atoms with E-state index in [0.29, 0.717) is 37.8 Å². The molecular formula is C17H23FN2O3. The van der Waals surface area contributed by atoms with Crippen LogP contribution in [0.15, 0.2) is 18.2 Å². The summed E-state index contributed by atoms with van der Waals surface area (Å²) in [5.41, 5.74) is 0.302. The van der Waals surface area contributed by atoms with Gasteiger partial charge in [-0.3, -0.25) is 4.79 Å². The lowest BCUT2D eigenvalue weighted by Gasteiger charge is -2.36. The Labute approximate surface area is 135 Å². The lowest BCUT2D eigenvalue weighted by Crippen LogP contribution is -2.52. The summed E-state index contributed by atoms with van der Waals surface area (Å²) in [6.07, 6.45) is 1.44. The van der Waals surface area contributed by atoms with Crippen molar-refractivity contribution < 1.29 is 18.7 Å². The van der Waals surface area contributed by atoms with Crippen LogP contribution in [0.4, 0.5) is 4.39 Å². The fraction of sp³-hybridized carbons (Fsp3) is 0.588. The zero-order valence-corrected chi connectivity index (χ0v) is 13.4. The minimum atomic E-state index is -0.454. The zero-order valence-electron chi connectivity index (χ0n) is 13.4. The quantitative estimate of drug-likeness (QED) is 0.853. The van der Waals surface area contributed by atoms with Gasteiger partial charge in [-0.1, -0.05) is 0 Å². The summed E-state index contributed by atoms with van der Waals surface area (Å²) in [5, 5.41) is 6.31. The van der Waals surface area contributed by atoms with Crippen molar-refractivity contribution in [1.82, 2.24) is 10.6 Å². The van der Waals surface area contributed by atoms with Crippen LogP contribution in [-0.2, 0) is 16.0 Å². The summed E-state index contributed by atoms with van der Waals surface area (Å²) in [5.74, 6) is 0.703. The lowest BCUT2D eigenvalue weighted by atomic mass is 9.75. The second kappa shape index (κ2) is 6.84. The van der Waals surface area contributed by atoms with Crippen molar-refractivity contribution in [3.05, 3.63) is 29.6 Å². The molecule has 0 bridgehead atoms.